The molecule has 3 fully saturated rings. The molecule has 0 unspecified atom stereocenters. The van der Waals surface area contributed by atoms with Gasteiger partial charge in [0, 0.05) is 38.3 Å². The van der Waals surface area contributed by atoms with E-state index in [2.05, 4.69) is 22.0 Å². The zero-order chi connectivity index (χ0) is 16.1. The van der Waals surface area contributed by atoms with Crippen molar-refractivity contribution in [2.24, 2.45) is 5.92 Å². The Kier molecular flexibility index (Phi) is 6.17. The maximum atomic E-state index is 12.7. The highest BCUT2D eigenvalue weighted by Gasteiger charge is 2.35. The predicted molar refractivity (Wildman–Crippen MR) is 91.6 cm³/mol. The molecule has 2 atom stereocenters. The molecule has 1 saturated carbocycles. The summed E-state index contributed by atoms with van der Waals surface area (Å²) in [5, 5.41) is 3.24. The van der Waals surface area contributed by atoms with E-state index in [4.69, 9.17) is 4.74 Å². The van der Waals surface area contributed by atoms with Gasteiger partial charge < -0.3 is 15.0 Å². The number of nitrogens with one attached hydrogen (secondary N) is 1. The molecule has 0 radical (unpaired) electrons. The van der Waals surface area contributed by atoms with Crippen LogP contribution >= 0.6 is 0 Å². The molecule has 1 aliphatic carbocycles. The lowest BCUT2D eigenvalue weighted by Crippen LogP contribution is -2.52. The van der Waals surface area contributed by atoms with Crippen LogP contribution in [-0.2, 0) is 4.74 Å². The van der Waals surface area contributed by atoms with Crippen LogP contribution in [0.1, 0.15) is 51.9 Å². The second-order valence-corrected chi connectivity index (χ2v) is 7.56. The Hall–Kier alpha value is -0.810. The zero-order valence-corrected chi connectivity index (χ0v) is 14.6. The average molecular weight is 323 g/mol. The first kappa shape index (κ1) is 17.0. The van der Waals surface area contributed by atoms with Crippen LogP contribution in [0.4, 0.5) is 4.79 Å². The second kappa shape index (κ2) is 8.34. The van der Waals surface area contributed by atoms with Gasteiger partial charge in [-0.3, -0.25) is 4.90 Å². The van der Waals surface area contributed by atoms with E-state index in [9.17, 15) is 4.79 Å². The lowest BCUT2D eigenvalue weighted by molar-refractivity contribution is 0.0345. The van der Waals surface area contributed by atoms with Crippen LogP contribution in [0, 0.1) is 5.92 Å². The molecule has 5 heteroatoms. The number of amides is 2. The van der Waals surface area contributed by atoms with E-state index in [1.54, 1.807) is 0 Å². The van der Waals surface area contributed by atoms with E-state index in [1.165, 1.54) is 44.9 Å². The van der Waals surface area contributed by atoms with Crippen molar-refractivity contribution in [2.45, 2.75) is 64.0 Å². The molecule has 0 aromatic heterocycles. The Morgan fingerprint density at radius 1 is 1.09 bits per heavy atom. The Balaban J connectivity index is 1.47. The SMILES string of the molecule is C[C@@H](CN1CCOCC1)NC(=O)N1CCC[C@H]1C1CCCCC1. The monoisotopic (exact) mass is 323 g/mol. The van der Waals surface area contributed by atoms with Crippen LogP contribution in [0.5, 0.6) is 0 Å². The van der Waals surface area contributed by atoms with Crippen LogP contribution in [0.25, 0.3) is 0 Å². The van der Waals surface area contributed by atoms with Crippen LogP contribution < -0.4 is 5.32 Å². The Labute approximate surface area is 140 Å². The number of nitrogens with zero attached hydrogens (tertiary/aromatic N) is 2. The predicted octanol–water partition coefficient (Wildman–Crippen LogP) is 2.46. The first-order chi connectivity index (χ1) is 11.2. The number of rotatable bonds is 4. The summed E-state index contributed by atoms with van der Waals surface area (Å²) in [6, 6.07) is 0.859. The third-order valence-corrected chi connectivity index (χ3v) is 5.76. The average Bonchev–Trinajstić information content (AvgIpc) is 3.06. The topological polar surface area (TPSA) is 44.8 Å². The third kappa shape index (κ3) is 4.60. The van der Waals surface area contributed by atoms with E-state index in [-0.39, 0.29) is 12.1 Å². The van der Waals surface area contributed by atoms with Gasteiger partial charge in [-0.1, -0.05) is 19.3 Å². The lowest BCUT2D eigenvalue weighted by atomic mass is 9.83. The molecular formula is C18H33N3O2. The highest BCUT2D eigenvalue weighted by atomic mass is 16.5. The van der Waals surface area contributed by atoms with Gasteiger partial charge in [-0.2, -0.15) is 0 Å². The molecule has 0 bridgehead atoms. The Morgan fingerprint density at radius 3 is 2.57 bits per heavy atom. The zero-order valence-electron chi connectivity index (χ0n) is 14.6. The standard InChI is InChI=1S/C18H33N3O2/c1-15(14-20-10-12-23-13-11-20)19-18(22)21-9-5-8-17(21)16-6-3-2-4-7-16/h15-17H,2-14H2,1H3,(H,19,22)/t15-,17-/m0/s1. The van der Waals surface area contributed by atoms with Gasteiger partial charge in [-0.25, -0.2) is 4.79 Å². The van der Waals surface area contributed by atoms with Crippen LogP contribution in [0.2, 0.25) is 0 Å². The number of urea groups is 1. The summed E-state index contributed by atoms with van der Waals surface area (Å²) in [4.78, 5) is 17.3. The molecule has 3 rings (SSSR count). The fourth-order valence-corrected chi connectivity index (χ4v) is 4.56. The van der Waals surface area contributed by atoms with Crippen molar-refractivity contribution >= 4 is 6.03 Å². The fourth-order valence-electron chi connectivity index (χ4n) is 4.56. The largest absolute Gasteiger partial charge is 0.379 e. The van der Waals surface area contributed by atoms with E-state index in [0.29, 0.717) is 6.04 Å². The number of hydrogen-bond donors (Lipinski definition) is 1. The number of hydrogen-bond acceptors (Lipinski definition) is 3. The lowest BCUT2D eigenvalue weighted by Gasteiger charge is -2.35. The van der Waals surface area contributed by atoms with Gasteiger partial charge in [0.1, 0.15) is 0 Å². The van der Waals surface area contributed by atoms with Gasteiger partial charge in [0.2, 0.25) is 0 Å². The van der Waals surface area contributed by atoms with Crippen LogP contribution in [0.3, 0.4) is 0 Å². The molecule has 23 heavy (non-hydrogen) atoms. The van der Waals surface area contributed by atoms with Crippen LogP contribution in [0.15, 0.2) is 0 Å². The maximum absolute atomic E-state index is 12.7. The van der Waals surface area contributed by atoms with E-state index >= 15 is 0 Å². The molecular weight excluding hydrogens is 290 g/mol. The first-order valence-corrected chi connectivity index (χ1v) is 9.61. The highest BCUT2D eigenvalue weighted by Crippen LogP contribution is 2.34. The summed E-state index contributed by atoms with van der Waals surface area (Å²) in [6.45, 7) is 7.59. The second-order valence-electron chi connectivity index (χ2n) is 7.56. The van der Waals surface area contributed by atoms with E-state index in [0.717, 1.165) is 45.3 Å². The van der Waals surface area contributed by atoms with Crippen molar-refractivity contribution < 1.29 is 9.53 Å². The minimum absolute atomic E-state index is 0.166. The van der Waals surface area contributed by atoms with Crippen molar-refractivity contribution in [2.75, 3.05) is 39.4 Å². The fraction of sp³-hybridized carbons (Fsp3) is 0.944. The van der Waals surface area contributed by atoms with Gasteiger partial charge >= 0.3 is 6.03 Å². The summed E-state index contributed by atoms with van der Waals surface area (Å²) in [6.07, 6.45) is 9.10. The molecule has 2 amide bonds. The molecule has 5 nitrogen and oxygen atoms in total. The van der Waals surface area contributed by atoms with Crippen molar-refractivity contribution in [3.05, 3.63) is 0 Å². The van der Waals surface area contributed by atoms with Crippen molar-refractivity contribution in [3.8, 4) is 0 Å². The highest BCUT2D eigenvalue weighted by molar-refractivity contribution is 5.75. The van der Waals surface area contributed by atoms with Gasteiger partial charge in [-0.05, 0) is 38.5 Å². The number of carbonyl (C=O) groups is 1. The molecule has 0 aromatic carbocycles. The minimum Gasteiger partial charge on any atom is -0.379 e. The number of morpholine rings is 1. The maximum Gasteiger partial charge on any atom is 0.317 e. The molecule has 2 aliphatic heterocycles. The smallest absolute Gasteiger partial charge is 0.317 e. The quantitative estimate of drug-likeness (QED) is 0.864. The van der Waals surface area contributed by atoms with Gasteiger partial charge in [0.05, 0.1) is 13.2 Å². The molecule has 0 aromatic rings. The summed E-state index contributed by atoms with van der Waals surface area (Å²) in [5.41, 5.74) is 0. The van der Waals surface area contributed by atoms with Crippen molar-refractivity contribution in [1.82, 2.24) is 15.1 Å². The third-order valence-electron chi connectivity index (χ3n) is 5.76. The summed E-state index contributed by atoms with van der Waals surface area (Å²) < 4.78 is 5.39. The summed E-state index contributed by atoms with van der Waals surface area (Å²) >= 11 is 0. The number of ether oxygens (including phenoxy) is 1. The molecule has 0 spiro atoms. The Morgan fingerprint density at radius 2 is 1.83 bits per heavy atom. The molecule has 2 heterocycles. The van der Waals surface area contributed by atoms with Gasteiger partial charge in [0.25, 0.3) is 0 Å². The summed E-state index contributed by atoms with van der Waals surface area (Å²) in [7, 11) is 0. The van der Waals surface area contributed by atoms with Crippen LogP contribution in [-0.4, -0.2) is 67.3 Å². The van der Waals surface area contributed by atoms with Gasteiger partial charge in [0.15, 0.2) is 0 Å². The molecule has 2 saturated heterocycles. The molecule has 132 valence electrons. The Bertz CT molecular complexity index is 378. The number of likely N-dealkylation sites (tertiary alicyclic amines) is 1. The number of carbonyl (C=O) groups excluding carboxylic acids is 1. The normalized spacial score (nSPS) is 28.7. The molecule has 3 aliphatic rings. The van der Waals surface area contributed by atoms with Gasteiger partial charge in [-0.15, -0.1) is 0 Å². The first-order valence-electron chi connectivity index (χ1n) is 9.61. The summed E-state index contributed by atoms with van der Waals surface area (Å²) in [5.74, 6) is 0.742. The molecule has 1 N–H and O–H groups in total. The van der Waals surface area contributed by atoms with E-state index < -0.39 is 0 Å². The van der Waals surface area contributed by atoms with Crippen molar-refractivity contribution in [3.63, 3.8) is 0 Å². The minimum atomic E-state index is 0.166. The van der Waals surface area contributed by atoms with E-state index in [1.807, 2.05) is 0 Å². The van der Waals surface area contributed by atoms with Crippen molar-refractivity contribution in [1.29, 1.82) is 0 Å².